The lowest BCUT2D eigenvalue weighted by Gasteiger charge is -2.07. The molecule has 3 nitrogen and oxygen atoms in total. The van der Waals surface area contributed by atoms with Crippen molar-refractivity contribution in [1.29, 1.82) is 0 Å². The van der Waals surface area contributed by atoms with E-state index in [2.05, 4.69) is 25.9 Å². The average Bonchev–Trinajstić information content (AvgIpc) is 2.32. The third kappa shape index (κ3) is 2.67. The number of nitrogens with two attached hydrogens (primary N) is 1. The van der Waals surface area contributed by atoms with E-state index in [0.29, 0.717) is 27.4 Å². The summed E-state index contributed by atoms with van der Waals surface area (Å²) in [6.07, 6.45) is 1.65. The highest BCUT2D eigenvalue weighted by Crippen LogP contribution is 2.27. The molecule has 0 unspecified atom stereocenters. The third-order valence-corrected chi connectivity index (χ3v) is 3.11. The third-order valence-electron chi connectivity index (χ3n) is 2.49. The van der Waals surface area contributed by atoms with Crippen molar-refractivity contribution in [2.75, 3.05) is 5.73 Å². The molecular weight excluding hydrogens is 297 g/mol. The molecule has 0 fully saturated rings. The van der Waals surface area contributed by atoms with Gasteiger partial charge < -0.3 is 5.73 Å². The summed E-state index contributed by atoms with van der Waals surface area (Å²) in [5.74, 6) is 0.674. The number of hydrogen-bond donors (Lipinski definition) is 1. The molecule has 0 bridgehead atoms. The van der Waals surface area contributed by atoms with Gasteiger partial charge in [0.25, 0.3) is 0 Å². The van der Waals surface area contributed by atoms with Crippen molar-refractivity contribution in [2.45, 2.75) is 19.8 Å². The molecule has 1 heterocycles. The number of aryl methyl sites for hydroxylation is 1. The second-order valence-corrected chi connectivity index (χ2v) is 4.80. The Balaban J connectivity index is 2.53. The Hall–Kier alpha value is -1.49. The number of hydrogen-bond acceptors (Lipinski definition) is 3. The maximum absolute atomic E-state index is 14.0. The highest BCUT2D eigenvalue weighted by Gasteiger charge is 2.11. The van der Waals surface area contributed by atoms with Gasteiger partial charge in [0.05, 0.1) is 10.2 Å². The largest absolute Gasteiger partial charge is 0.384 e. The Morgan fingerprint density at radius 1 is 1.33 bits per heavy atom. The van der Waals surface area contributed by atoms with Crippen LogP contribution in [0, 0.1) is 5.82 Å². The summed E-state index contributed by atoms with van der Waals surface area (Å²) in [5, 5.41) is 0. The molecule has 0 amide bonds. The van der Waals surface area contributed by atoms with E-state index in [9.17, 15) is 4.39 Å². The SMILES string of the molecule is CCCc1nc(N)cc(-c2cccc(Br)c2F)n1. The maximum Gasteiger partial charge on any atom is 0.146 e. The molecule has 0 aliphatic rings. The Labute approximate surface area is 113 Å². The van der Waals surface area contributed by atoms with Crippen LogP contribution in [-0.2, 0) is 6.42 Å². The first-order chi connectivity index (χ1) is 8.61. The fourth-order valence-electron chi connectivity index (χ4n) is 1.69. The summed E-state index contributed by atoms with van der Waals surface area (Å²) >= 11 is 3.16. The molecule has 0 radical (unpaired) electrons. The number of benzene rings is 1. The number of rotatable bonds is 3. The zero-order chi connectivity index (χ0) is 13.1. The molecule has 0 atom stereocenters. The van der Waals surface area contributed by atoms with Crippen molar-refractivity contribution < 1.29 is 4.39 Å². The Bertz CT molecular complexity index is 572. The molecule has 18 heavy (non-hydrogen) atoms. The topological polar surface area (TPSA) is 51.8 Å². The van der Waals surface area contributed by atoms with Crippen LogP contribution in [0.25, 0.3) is 11.3 Å². The number of nitrogen functional groups attached to an aromatic ring is 1. The molecule has 0 saturated carbocycles. The van der Waals surface area contributed by atoms with Gasteiger partial charge in [-0.25, -0.2) is 14.4 Å². The van der Waals surface area contributed by atoms with E-state index in [1.165, 1.54) is 0 Å². The quantitative estimate of drug-likeness (QED) is 0.942. The Kier molecular flexibility index (Phi) is 3.91. The van der Waals surface area contributed by atoms with Crippen LogP contribution >= 0.6 is 15.9 Å². The predicted octanol–water partition coefficient (Wildman–Crippen LogP) is 3.58. The maximum atomic E-state index is 14.0. The summed E-state index contributed by atoms with van der Waals surface area (Å²) in [4.78, 5) is 8.48. The Morgan fingerprint density at radius 3 is 2.83 bits per heavy atom. The summed E-state index contributed by atoms with van der Waals surface area (Å²) in [6.45, 7) is 2.03. The van der Waals surface area contributed by atoms with Crippen LogP contribution < -0.4 is 5.73 Å². The molecule has 5 heteroatoms. The van der Waals surface area contributed by atoms with Crippen molar-refractivity contribution in [3.05, 3.63) is 40.4 Å². The van der Waals surface area contributed by atoms with Gasteiger partial charge in [-0.2, -0.15) is 0 Å². The highest BCUT2D eigenvalue weighted by molar-refractivity contribution is 9.10. The van der Waals surface area contributed by atoms with Gasteiger partial charge in [-0.15, -0.1) is 0 Å². The van der Waals surface area contributed by atoms with Crippen molar-refractivity contribution in [1.82, 2.24) is 9.97 Å². The van der Waals surface area contributed by atoms with E-state index in [-0.39, 0.29) is 5.82 Å². The van der Waals surface area contributed by atoms with Crippen molar-refractivity contribution in [2.24, 2.45) is 0 Å². The zero-order valence-electron chi connectivity index (χ0n) is 9.95. The van der Waals surface area contributed by atoms with E-state index in [0.717, 1.165) is 12.8 Å². The van der Waals surface area contributed by atoms with E-state index in [4.69, 9.17) is 5.73 Å². The van der Waals surface area contributed by atoms with Gasteiger partial charge >= 0.3 is 0 Å². The Morgan fingerprint density at radius 2 is 2.11 bits per heavy atom. The number of halogens is 2. The van der Waals surface area contributed by atoms with E-state index >= 15 is 0 Å². The van der Waals surface area contributed by atoms with Crippen LogP contribution in [0.1, 0.15) is 19.2 Å². The lowest BCUT2D eigenvalue weighted by atomic mass is 10.1. The lowest BCUT2D eigenvalue weighted by Crippen LogP contribution is -2.02. The zero-order valence-corrected chi connectivity index (χ0v) is 11.5. The first-order valence-corrected chi connectivity index (χ1v) is 6.49. The lowest BCUT2D eigenvalue weighted by molar-refractivity contribution is 0.624. The van der Waals surface area contributed by atoms with Gasteiger partial charge in [0.15, 0.2) is 0 Å². The molecule has 94 valence electrons. The summed E-state index contributed by atoms with van der Waals surface area (Å²) in [7, 11) is 0. The summed E-state index contributed by atoms with van der Waals surface area (Å²) in [5.41, 5.74) is 6.67. The fourth-order valence-corrected chi connectivity index (χ4v) is 2.06. The molecule has 1 aromatic heterocycles. The van der Waals surface area contributed by atoms with Gasteiger partial charge in [0.2, 0.25) is 0 Å². The average molecular weight is 310 g/mol. The van der Waals surface area contributed by atoms with E-state index in [1.54, 1.807) is 24.3 Å². The molecule has 2 rings (SSSR count). The molecular formula is C13H13BrFN3. The van der Waals surface area contributed by atoms with E-state index in [1.807, 2.05) is 6.92 Å². The van der Waals surface area contributed by atoms with Crippen LogP contribution in [0.15, 0.2) is 28.7 Å². The van der Waals surface area contributed by atoms with Crippen LogP contribution in [0.2, 0.25) is 0 Å². The number of anilines is 1. The number of nitrogens with zero attached hydrogens (tertiary/aromatic N) is 2. The van der Waals surface area contributed by atoms with Crippen LogP contribution in [-0.4, -0.2) is 9.97 Å². The van der Waals surface area contributed by atoms with Gasteiger partial charge in [-0.3, -0.25) is 0 Å². The minimum atomic E-state index is -0.335. The van der Waals surface area contributed by atoms with Crippen molar-refractivity contribution in [3.8, 4) is 11.3 Å². The van der Waals surface area contributed by atoms with Gasteiger partial charge in [-0.1, -0.05) is 13.0 Å². The molecule has 0 saturated heterocycles. The fraction of sp³-hybridized carbons (Fsp3) is 0.231. The minimum absolute atomic E-state index is 0.335. The summed E-state index contributed by atoms with van der Waals surface area (Å²) in [6, 6.07) is 6.68. The molecule has 0 spiro atoms. The monoisotopic (exact) mass is 309 g/mol. The van der Waals surface area contributed by atoms with Crippen LogP contribution in [0.4, 0.5) is 10.2 Å². The van der Waals surface area contributed by atoms with Crippen LogP contribution in [0.3, 0.4) is 0 Å². The van der Waals surface area contributed by atoms with Gasteiger partial charge in [0, 0.05) is 18.1 Å². The predicted molar refractivity (Wildman–Crippen MR) is 73.5 cm³/mol. The standard InChI is InChI=1S/C13H13BrFN3/c1-2-4-12-17-10(7-11(16)18-12)8-5-3-6-9(14)13(8)15/h3,5-7H,2,4H2,1H3,(H2,16,17,18). The van der Waals surface area contributed by atoms with E-state index < -0.39 is 0 Å². The molecule has 0 aliphatic heterocycles. The second kappa shape index (κ2) is 5.44. The summed E-state index contributed by atoms with van der Waals surface area (Å²) < 4.78 is 14.4. The molecule has 2 N–H and O–H groups in total. The number of aromatic nitrogens is 2. The minimum Gasteiger partial charge on any atom is -0.384 e. The molecule has 1 aromatic carbocycles. The highest BCUT2D eigenvalue weighted by atomic mass is 79.9. The smallest absolute Gasteiger partial charge is 0.146 e. The van der Waals surface area contributed by atoms with Crippen molar-refractivity contribution >= 4 is 21.7 Å². The van der Waals surface area contributed by atoms with Gasteiger partial charge in [0.1, 0.15) is 17.5 Å². The molecule has 0 aliphatic carbocycles. The van der Waals surface area contributed by atoms with Gasteiger partial charge in [-0.05, 0) is 34.5 Å². The second-order valence-electron chi connectivity index (χ2n) is 3.95. The first kappa shape index (κ1) is 13.0. The first-order valence-electron chi connectivity index (χ1n) is 5.69. The normalized spacial score (nSPS) is 10.6. The van der Waals surface area contributed by atoms with Crippen LogP contribution in [0.5, 0.6) is 0 Å². The molecule has 2 aromatic rings. The van der Waals surface area contributed by atoms with Crippen molar-refractivity contribution in [3.63, 3.8) is 0 Å².